The molecule has 0 saturated heterocycles. The van der Waals surface area contributed by atoms with E-state index in [1.165, 1.54) is 25.7 Å². The first kappa shape index (κ1) is 11.8. The Labute approximate surface area is 114 Å². The number of hydrogen-bond acceptors (Lipinski definition) is 2. The van der Waals surface area contributed by atoms with Crippen molar-refractivity contribution in [3.8, 4) is 5.75 Å². The zero-order valence-corrected chi connectivity index (χ0v) is 11.3. The molecule has 19 heavy (non-hydrogen) atoms. The van der Waals surface area contributed by atoms with Crippen LogP contribution in [0.2, 0.25) is 0 Å². The van der Waals surface area contributed by atoms with Crippen LogP contribution in [-0.2, 0) is 0 Å². The lowest BCUT2D eigenvalue weighted by molar-refractivity contribution is -0.0543. The first-order valence-corrected chi connectivity index (χ1v) is 7.72. The second kappa shape index (κ2) is 4.24. The van der Waals surface area contributed by atoms with E-state index in [0.717, 1.165) is 42.4 Å². The molecular weight excluding hydrogens is 236 g/mol. The van der Waals surface area contributed by atoms with Crippen LogP contribution in [0.15, 0.2) is 24.3 Å². The predicted molar refractivity (Wildman–Crippen MR) is 74.1 cm³/mol. The summed E-state index contributed by atoms with van der Waals surface area (Å²) in [5.74, 6) is 2.71. The molecule has 1 heterocycles. The fourth-order valence-corrected chi connectivity index (χ4v) is 4.20. The van der Waals surface area contributed by atoms with Gasteiger partial charge in [0, 0.05) is 12.0 Å². The number of fused-ring (bicyclic) bond motifs is 1. The minimum Gasteiger partial charge on any atom is -0.487 e. The molecule has 102 valence electrons. The number of aliphatic hydroxyl groups excluding tert-OH is 1. The molecule has 1 N–H and O–H groups in total. The van der Waals surface area contributed by atoms with Crippen molar-refractivity contribution in [3.63, 3.8) is 0 Å². The van der Waals surface area contributed by atoms with Gasteiger partial charge < -0.3 is 9.84 Å². The van der Waals surface area contributed by atoms with Crippen LogP contribution in [-0.4, -0.2) is 10.7 Å². The Balaban J connectivity index is 1.62. The smallest absolute Gasteiger partial charge is 0.125 e. The van der Waals surface area contributed by atoms with E-state index >= 15 is 0 Å². The third-order valence-electron chi connectivity index (χ3n) is 5.30. The van der Waals surface area contributed by atoms with Crippen molar-refractivity contribution in [2.75, 3.05) is 0 Å². The van der Waals surface area contributed by atoms with Gasteiger partial charge in [0.1, 0.15) is 11.4 Å². The highest BCUT2D eigenvalue weighted by molar-refractivity contribution is 5.38. The van der Waals surface area contributed by atoms with Crippen molar-refractivity contribution in [2.24, 2.45) is 11.8 Å². The Morgan fingerprint density at radius 1 is 1.05 bits per heavy atom. The largest absolute Gasteiger partial charge is 0.487 e. The Morgan fingerprint density at radius 2 is 1.89 bits per heavy atom. The average Bonchev–Trinajstić information content (AvgIpc) is 3.23. The van der Waals surface area contributed by atoms with Crippen LogP contribution >= 0.6 is 0 Å². The molecule has 0 amide bonds. The van der Waals surface area contributed by atoms with E-state index in [1.807, 2.05) is 24.3 Å². The highest BCUT2D eigenvalue weighted by atomic mass is 16.5. The topological polar surface area (TPSA) is 29.5 Å². The van der Waals surface area contributed by atoms with Gasteiger partial charge in [-0.1, -0.05) is 18.2 Å². The molecule has 2 unspecified atom stereocenters. The van der Waals surface area contributed by atoms with Crippen LogP contribution < -0.4 is 4.74 Å². The molecule has 1 aromatic rings. The Kier molecular flexibility index (Phi) is 2.63. The highest BCUT2D eigenvalue weighted by Crippen LogP contribution is 2.52. The molecule has 2 saturated carbocycles. The van der Waals surface area contributed by atoms with Crippen LogP contribution in [0.3, 0.4) is 0 Å². The number of hydrogen-bond donors (Lipinski definition) is 1. The van der Waals surface area contributed by atoms with Crippen LogP contribution in [0.1, 0.15) is 56.6 Å². The fraction of sp³-hybridized carbons (Fsp3) is 0.647. The molecule has 1 aliphatic heterocycles. The standard InChI is InChI=1S/C17H22O2/c18-15-11-17(19-16-6-2-1-5-14(15)16)9-3-4-13(10-17)12-7-8-12/h1-2,5-6,12-13,15,18H,3-4,7-11H2/t13?,15-,17?/m0/s1. The Hall–Kier alpha value is -1.02. The second-order valence-corrected chi connectivity index (χ2v) is 6.74. The summed E-state index contributed by atoms with van der Waals surface area (Å²) in [5.41, 5.74) is 0.890. The van der Waals surface area contributed by atoms with Gasteiger partial charge in [-0.3, -0.25) is 0 Å². The van der Waals surface area contributed by atoms with Crippen molar-refractivity contribution in [1.82, 2.24) is 0 Å². The number of para-hydroxylation sites is 1. The molecule has 1 aromatic carbocycles. The van der Waals surface area contributed by atoms with E-state index in [0.29, 0.717) is 0 Å². The van der Waals surface area contributed by atoms with Gasteiger partial charge in [0.15, 0.2) is 0 Å². The van der Waals surface area contributed by atoms with Crippen molar-refractivity contribution < 1.29 is 9.84 Å². The third-order valence-corrected chi connectivity index (χ3v) is 5.30. The van der Waals surface area contributed by atoms with Gasteiger partial charge in [-0.25, -0.2) is 0 Å². The van der Waals surface area contributed by atoms with Gasteiger partial charge in [0.2, 0.25) is 0 Å². The quantitative estimate of drug-likeness (QED) is 0.829. The number of ether oxygens (including phenoxy) is 1. The number of aliphatic hydroxyl groups is 1. The number of rotatable bonds is 1. The zero-order valence-electron chi connectivity index (χ0n) is 11.3. The van der Waals surface area contributed by atoms with Crippen LogP contribution in [0.5, 0.6) is 5.75 Å². The van der Waals surface area contributed by atoms with Gasteiger partial charge in [-0.2, -0.15) is 0 Å². The van der Waals surface area contributed by atoms with E-state index in [-0.39, 0.29) is 11.7 Å². The van der Waals surface area contributed by atoms with Crippen LogP contribution in [0, 0.1) is 11.8 Å². The molecule has 3 aliphatic rings. The maximum absolute atomic E-state index is 10.4. The predicted octanol–water partition coefficient (Wildman–Crippen LogP) is 3.84. The molecule has 0 bridgehead atoms. The monoisotopic (exact) mass is 258 g/mol. The van der Waals surface area contributed by atoms with Gasteiger partial charge in [0.25, 0.3) is 0 Å². The average molecular weight is 258 g/mol. The van der Waals surface area contributed by atoms with E-state index in [4.69, 9.17) is 4.74 Å². The summed E-state index contributed by atoms with van der Waals surface area (Å²) in [6.07, 6.45) is 8.17. The fourth-order valence-electron chi connectivity index (χ4n) is 4.20. The Morgan fingerprint density at radius 3 is 2.74 bits per heavy atom. The highest BCUT2D eigenvalue weighted by Gasteiger charge is 2.46. The maximum atomic E-state index is 10.4. The lowest BCUT2D eigenvalue weighted by atomic mass is 9.72. The van der Waals surface area contributed by atoms with Crippen LogP contribution in [0.4, 0.5) is 0 Å². The van der Waals surface area contributed by atoms with Gasteiger partial charge >= 0.3 is 0 Å². The molecule has 2 aliphatic carbocycles. The number of benzene rings is 1. The molecular formula is C17H22O2. The Bertz CT molecular complexity index is 480. The molecule has 0 radical (unpaired) electrons. The van der Waals surface area contributed by atoms with E-state index in [9.17, 15) is 5.11 Å². The summed E-state index contributed by atoms with van der Waals surface area (Å²) in [6.45, 7) is 0. The summed E-state index contributed by atoms with van der Waals surface area (Å²) < 4.78 is 6.38. The maximum Gasteiger partial charge on any atom is 0.125 e. The van der Waals surface area contributed by atoms with E-state index in [2.05, 4.69) is 0 Å². The van der Waals surface area contributed by atoms with Crippen molar-refractivity contribution in [2.45, 2.75) is 56.7 Å². The molecule has 2 fully saturated rings. The molecule has 2 nitrogen and oxygen atoms in total. The zero-order chi connectivity index (χ0) is 12.9. The van der Waals surface area contributed by atoms with E-state index in [1.54, 1.807) is 0 Å². The molecule has 1 spiro atoms. The van der Waals surface area contributed by atoms with Crippen molar-refractivity contribution >= 4 is 0 Å². The van der Waals surface area contributed by atoms with Gasteiger partial charge in [-0.15, -0.1) is 0 Å². The first-order valence-electron chi connectivity index (χ1n) is 7.72. The van der Waals surface area contributed by atoms with E-state index < -0.39 is 0 Å². The summed E-state index contributed by atoms with van der Waals surface area (Å²) in [7, 11) is 0. The second-order valence-electron chi connectivity index (χ2n) is 6.74. The van der Waals surface area contributed by atoms with Gasteiger partial charge in [0.05, 0.1) is 6.10 Å². The summed E-state index contributed by atoms with van der Waals surface area (Å²) in [5, 5.41) is 10.4. The normalized spacial score (nSPS) is 37.7. The van der Waals surface area contributed by atoms with Crippen molar-refractivity contribution in [1.29, 1.82) is 0 Å². The van der Waals surface area contributed by atoms with Crippen LogP contribution in [0.25, 0.3) is 0 Å². The minimum absolute atomic E-state index is 0.0841. The minimum atomic E-state index is -0.345. The molecule has 4 rings (SSSR count). The lowest BCUT2D eigenvalue weighted by Gasteiger charge is -2.45. The third kappa shape index (κ3) is 2.06. The van der Waals surface area contributed by atoms with Gasteiger partial charge in [-0.05, 0) is 56.4 Å². The first-order chi connectivity index (χ1) is 9.26. The SMILES string of the molecule is O[C@H]1CC2(CCCC(C3CC3)C2)Oc2ccccc21. The lowest BCUT2D eigenvalue weighted by Crippen LogP contribution is -2.45. The molecule has 0 aromatic heterocycles. The summed E-state index contributed by atoms with van der Waals surface area (Å²) >= 11 is 0. The summed E-state index contributed by atoms with van der Waals surface area (Å²) in [4.78, 5) is 0. The molecule has 3 atom stereocenters. The summed E-state index contributed by atoms with van der Waals surface area (Å²) in [6, 6.07) is 8.00. The van der Waals surface area contributed by atoms with Crippen molar-refractivity contribution in [3.05, 3.63) is 29.8 Å². The molecule has 2 heteroatoms.